The zero-order chi connectivity index (χ0) is 17.3. The lowest BCUT2D eigenvalue weighted by atomic mass is 9.62. The van der Waals surface area contributed by atoms with Gasteiger partial charge in [-0.05, 0) is 67.6 Å². The molecule has 0 heteroatoms. The van der Waals surface area contributed by atoms with Crippen molar-refractivity contribution in [2.75, 3.05) is 0 Å². The van der Waals surface area contributed by atoms with Crippen LogP contribution in [0.4, 0.5) is 0 Å². The highest BCUT2D eigenvalue weighted by Gasteiger charge is 2.36. The third-order valence-corrected chi connectivity index (χ3v) is 6.96. The lowest BCUT2D eigenvalue weighted by Gasteiger charge is -2.43. The molecule has 0 saturated heterocycles. The summed E-state index contributed by atoms with van der Waals surface area (Å²) in [6.45, 7) is 14.7. The summed E-state index contributed by atoms with van der Waals surface area (Å²) in [7, 11) is 0. The van der Waals surface area contributed by atoms with Crippen LogP contribution >= 0.6 is 0 Å². The number of hydrogen-bond acceptors (Lipinski definition) is 0. The Morgan fingerprint density at radius 1 is 0.652 bits per heavy atom. The molecule has 0 heterocycles. The SMILES string of the molecule is CCCC(C)(CCC)CC1CCC(C(C)(CCC)CCC)CC1. The molecule has 138 valence electrons. The quantitative estimate of drug-likeness (QED) is 0.358. The van der Waals surface area contributed by atoms with Crippen molar-refractivity contribution in [1.29, 1.82) is 0 Å². The van der Waals surface area contributed by atoms with Gasteiger partial charge in [0, 0.05) is 0 Å². The molecule has 0 aromatic rings. The Morgan fingerprint density at radius 2 is 1.09 bits per heavy atom. The second-order valence-corrected chi connectivity index (χ2v) is 9.39. The van der Waals surface area contributed by atoms with Gasteiger partial charge in [0.15, 0.2) is 0 Å². The first-order valence-electron chi connectivity index (χ1n) is 10.9. The van der Waals surface area contributed by atoms with Gasteiger partial charge in [0.1, 0.15) is 0 Å². The van der Waals surface area contributed by atoms with Gasteiger partial charge in [-0.15, -0.1) is 0 Å². The standard InChI is InChI=1S/C23H46/c1-7-15-22(5,16-8-2)19-20-11-13-21(14-12-20)23(6,17-9-3)18-10-4/h20-21H,7-19H2,1-6H3. The minimum Gasteiger partial charge on any atom is -0.0654 e. The van der Waals surface area contributed by atoms with Gasteiger partial charge in [-0.25, -0.2) is 0 Å². The van der Waals surface area contributed by atoms with Crippen LogP contribution in [0.1, 0.15) is 125 Å². The maximum Gasteiger partial charge on any atom is -0.0298 e. The monoisotopic (exact) mass is 322 g/mol. The van der Waals surface area contributed by atoms with Crippen LogP contribution in [-0.4, -0.2) is 0 Å². The smallest absolute Gasteiger partial charge is 0.0298 e. The molecule has 0 N–H and O–H groups in total. The maximum absolute atomic E-state index is 2.60. The van der Waals surface area contributed by atoms with Crippen molar-refractivity contribution in [1.82, 2.24) is 0 Å². The molecule has 0 nitrogen and oxygen atoms in total. The Balaban J connectivity index is 2.56. The summed E-state index contributed by atoms with van der Waals surface area (Å²) in [4.78, 5) is 0. The van der Waals surface area contributed by atoms with E-state index in [0.29, 0.717) is 10.8 Å². The van der Waals surface area contributed by atoms with Gasteiger partial charge in [0.25, 0.3) is 0 Å². The van der Waals surface area contributed by atoms with Crippen LogP contribution in [0.3, 0.4) is 0 Å². The van der Waals surface area contributed by atoms with Gasteiger partial charge in [-0.3, -0.25) is 0 Å². The summed E-state index contributed by atoms with van der Waals surface area (Å²) in [5.74, 6) is 2.02. The Kier molecular flexibility index (Phi) is 9.24. The fourth-order valence-electron chi connectivity index (χ4n) is 5.97. The Bertz CT molecular complexity index is 283. The minimum absolute atomic E-state index is 0.622. The van der Waals surface area contributed by atoms with E-state index in [1.807, 2.05) is 0 Å². The molecule has 0 atom stereocenters. The summed E-state index contributed by atoms with van der Waals surface area (Å²) >= 11 is 0. The van der Waals surface area contributed by atoms with E-state index in [1.54, 1.807) is 0 Å². The second kappa shape index (κ2) is 10.1. The molecule has 0 bridgehead atoms. The van der Waals surface area contributed by atoms with Crippen molar-refractivity contribution in [3.05, 3.63) is 0 Å². The van der Waals surface area contributed by atoms with Gasteiger partial charge in [-0.2, -0.15) is 0 Å². The van der Waals surface area contributed by atoms with Crippen molar-refractivity contribution in [2.24, 2.45) is 22.7 Å². The van der Waals surface area contributed by atoms with Gasteiger partial charge in [-0.1, -0.05) is 80.1 Å². The van der Waals surface area contributed by atoms with Crippen molar-refractivity contribution in [3.63, 3.8) is 0 Å². The van der Waals surface area contributed by atoms with E-state index in [0.717, 1.165) is 11.8 Å². The van der Waals surface area contributed by atoms with Gasteiger partial charge in [0.05, 0.1) is 0 Å². The van der Waals surface area contributed by atoms with Crippen LogP contribution in [0.25, 0.3) is 0 Å². The molecule has 0 aromatic carbocycles. The first-order valence-corrected chi connectivity index (χ1v) is 10.9. The molecule has 1 aliphatic rings. The van der Waals surface area contributed by atoms with Gasteiger partial charge < -0.3 is 0 Å². The van der Waals surface area contributed by atoms with E-state index in [4.69, 9.17) is 0 Å². The average Bonchev–Trinajstić information content (AvgIpc) is 2.48. The molecule has 1 aliphatic carbocycles. The van der Waals surface area contributed by atoms with Crippen LogP contribution in [0.5, 0.6) is 0 Å². The molecular formula is C23H46. The zero-order valence-corrected chi connectivity index (χ0v) is 17.3. The van der Waals surface area contributed by atoms with Crippen molar-refractivity contribution >= 4 is 0 Å². The van der Waals surface area contributed by atoms with Crippen LogP contribution in [0.2, 0.25) is 0 Å². The van der Waals surface area contributed by atoms with Crippen LogP contribution in [0, 0.1) is 22.7 Å². The molecule has 0 radical (unpaired) electrons. The number of hydrogen-bond donors (Lipinski definition) is 0. The fraction of sp³-hybridized carbons (Fsp3) is 1.00. The molecule has 0 amide bonds. The van der Waals surface area contributed by atoms with Gasteiger partial charge >= 0.3 is 0 Å². The lowest BCUT2D eigenvalue weighted by molar-refractivity contribution is 0.0759. The molecule has 1 saturated carbocycles. The maximum atomic E-state index is 2.60. The second-order valence-electron chi connectivity index (χ2n) is 9.39. The summed E-state index contributed by atoms with van der Waals surface area (Å²) in [6.07, 6.45) is 18.7. The Morgan fingerprint density at radius 3 is 1.48 bits per heavy atom. The molecular weight excluding hydrogens is 276 g/mol. The van der Waals surface area contributed by atoms with E-state index in [-0.39, 0.29) is 0 Å². The first-order chi connectivity index (χ1) is 10.9. The fourth-order valence-corrected chi connectivity index (χ4v) is 5.97. The number of rotatable bonds is 11. The Hall–Kier alpha value is 0. The van der Waals surface area contributed by atoms with E-state index >= 15 is 0 Å². The highest BCUT2D eigenvalue weighted by atomic mass is 14.4. The normalized spacial score (nSPS) is 23.2. The molecule has 0 aromatic heterocycles. The highest BCUT2D eigenvalue weighted by molar-refractivity contribution is 4.88. The van der Waals surface area contributed by atoms with Crippen LogP contribution in [0.15, 0.2) is 0 Å². The summed E-state index contributed by atoms with van der Waals surface area (Å²) < 4.78 is 0. The predicted octanol–water partition coefficient (Wildman–Crippen LogP) is 8.40. The summed E-state index contributed by atoms with van der Waals surface area (Å²) in [6, 6.07) is 0. The van der Waals surface area contributed by atoms with E-state index in [2.05, 4.69) is 41.5 Å². The van der Waals surface area contributed by atoms with E-state index < -0.39 is 0 Å². The van der Waals surface area contributed by atoms with Crippen molar-refractivity contribution in [3.8, 4) is 0 Å². The largest absolute Gasteiger partial charge is 0.0654 e. The third kappa shape index (κ3) is 6.43. The molecule has 0 spiro atoms. The highest BCUT2D eigenvalue weighted by Crippen LogP contribution is 2.48. The van der Waals surface area contributed by atoms with Crippen molar-refractivity contribution in [2.45, 2.75) is 125 Å². The lowest BCUT2D eigenvalue weighted by Crippen LogP contribution is -2.32. The minimum atomic E-state index is 0.622. The first kappa shape index (κ1) is 21.0. The van der Waals surface area contributed by atoms with Crippen LogP contribution in [-0.2, 0) is 0 Å². The predicted molar refractivity (Wildman–Crippen MR) is 106 cm³/mol. The summed E-state index contributed by atoms with van der Waals surface area (Å²) in [5.41, 5.74) is 1.25. The van der Waals surface area contributed by atoms with Crippen LogP contribution < -0.4 is 0 Å². The molecule has 1 fully saturated rings. The molecule has 1 rings (SSSR count). The molecule has 0 aliphatic heterocycles. The van der Waals surface area contributed by atoms with E-state index in [9.17, 15) is 0 Å². The van der Waals surface area contributed by atoms with Crippen molar-refractivity contribution < 1.29 is 0 Å². The molecule has 23 heavy (non-hydrogen) atoms. The molecule has 0 unspecified atom stereocenters. The van der Waals surface area contributed by atoms with E-state index in [1.165, 1.54) is 83.5 Å². The van der Waals surface area contributed by atoms with Gasteiger partial charge in [0.2, 0.25) is 0 Å². The Labute approximate surface area is 148 Å². The zero-order valence-electron chi connectivity index (χ0n) is 17.3. The third-order valence-electron chi connectivity index (χ3n) is 6.96. The summed E-state index contributed by atoms with van der Waals surface area (Å²) in [5, 5.41) is 0. The average molecular weight is 323 g/mol. The topological polar surface area (TPSA) is 0 Å².